The molecule has 1 N–H and O–H groups in total. The lowest BCUT2D eigenvalue weighted by molar-refractivity contribution is -0.139. The minimum atomic E-state index is -3.76. The monoisotopic (exact) mass is 527 g/mol. The third-order valence-corrected chi connectivity index (χ3v) is 8.20. The SMILES string of the molecule is CC[C@@H](C(=O)NC1CCCC1)N(CCc1ccccc1)C(=O)CN(c1ccccc1C(C)C)S(C)(=O)=O. The third kappa shape index (κ3) is 7.81. The molecule has 2 aromatic carbocycles. The van der Waals surface area contributed by atoms with Crippen LogP contribution in [-0.2, 0) is 26.0 Å². The number of rotatable bonds is 12. The fourth-order valence-corrected chi connectivity index (χ4v) is 5.93. The summed E-state index contributed by atoms with van der Waals surface area (Å²) in [7, 11) is -3.76. The van der Waals surface area contributed by atoms with Gasteiger partial charge in [0.25, 0.3) is 0 Å². The average molecular weight is 528 g/mol. The average Bonchev–Trinajstić information content (AvgIpc) is 3.37. The topological polar surface area (TPSA) is 86.8 Å². The van der Waals surface area contributed by atoms with Gasteiger partial charge in [0.05, 0.1) is 11.9 Å². The summed E-state index contributed by atoms with van der Waals surface area (Å²) in [5.41, 5.74) is 2.40. The first kappa shape index (κ1) is 28.7. The van der Waals surface area contributed by atoms with E-state index in [-0.39, 0.29) is 30.3 Å². The van der Waals surface area contributed by atoms with Crippen LogP contribution in [0.3, 0.4) is 0 Å². The first-order valence-electron chi connectivity index (χ1n) is 13.3. The van der Waals surface area contributed by atoms with Crippen molar-refractivity contribution in [1.29, 1.82) is 0 Å². The number of carbonyl (C=O) groups is 2. The maximum Gasteiger partial charge on any atom is 0.244 e. The van der Waals surface area contributed by atoms with Gasteiger partial charge in [0.2, 0.25) is 21.8 Å². The number of carbonyl (C=O) groups excluding carboxylic acids is 2. The van der Waals surface area contributed by atoms with Gasteiger partial charge in [0.15, 0.2) is 0 Å². The highest BCUT2D eigenvalue weighted by atomic mass is 32.2. The number of hydrogen-bond donors (Lipinski definition) is 1. The molecule has 1 saturated carbocycles. The molecule has 2 amide bonds. The number of nitrogens with zero attached hydrogens (tertiary/aromatic N) is 2. The maximum absolute atomic E-state index is 13.9. The Balaban J connectivity index is 1.91. The smallest absolute Gasteiger partial charge is 0.244 e. The van der Waals surface area contributed by atoms with Gasteiger partial charge in [0, 0.05) is 12.6 Å². The van der Waals surface area contributed by atoms with Crippen molar-refractivity contribution in [2.45, 2.75) is 77.3 Å². The number of benzene rings is 2. The predicted molar refractivity (Wildman–Crippen MR) is 149 cm³/mol. The van der Waals surface area contributed by atoms with Gasteiger partial charge in [-0.1, -0.05) is 82.1 Å². The molecule has 0 heterocycles. The molecule has 1 fully saturated rings. The van der Waals surface area contributed by atoms with E-state index in [0.717, 1.165) is 43.1 Å². The first-order valence-corrected chi connectivity index (χ1v) is 15.2. The lowest BCUT2D eigenvalue weighted by atomic mass is 10.0. The summed E-state index contributed by atoms with van der Waals surface area (Å²) >= 11 is 0. The summed E-state index contributed by atoms with van der Waals surface area (Å²) in [5.74, 6) is -0.469. The lowest BCUT2D eigenvalue weighted by Gasteiger charge is -2.34. The number of amides is 2. The van der Waals surface area contributed by atoms with E-state index >= 15 is 0 Å². The summed E-state index contributed by atoms with van der Waals surface area (Å²) in [6.07, 6.45) is 6.23. The first-order chi connectivity index (χ1) is 17.6. The van der Waals surface area contributed by atoms with Crippen LogP contribution in [0.25, 0.3) is 0 Å². The molecule has 1 aliphatic carbocycles. The van der Waals surface area contributed by atoms with Crippen molar-refractivity contribution in [3.05, 3.63) is 65.7 Å². The van der Waals surface area contributed by atoms with Crippen LogP contribution in [0.5, 0.6) is 0 Å². The van der Waals surface area contributed by atoms with Gasteiger partial charge in [-0.3, -0.25) is 13.9 Å². The molecule has 7 nitrogen and oxygen atoms in total. The van der Waals surface area contributed by atoms with Crippen molar-refractivity contribution in [1.82, 2.24) is 10.2 Å². The molecule has 2 aromatic rings. The Morgan fingerprint density at radius 3 is 2.22 bits per heavy atom. The lowest BCUT2D eigenvalue weighted by Crippen LogP contribution is -2.54. The number of para-hydroxylation sites is 1. The van der Waals surface area contributed by atoms with E-state index < -0.39 is 16.1 Å². The molecule has 1 atom stereocenters. The van der Waals surface area contributed by atoms with Crippen LogP contribution in [0.15, 0.2) is 54.6 Å². The normalized spacial score (nSPS) is 14.9. The van der Waals surface area contributed by atoms with Crippen molar-refractivity contribution in [3.8, 4) is 0 Å². The molecular weight excluding hydrogens is 486 g/mol. The van der Waals surface area contributed by atoms with Crippen molar-refractivity contribution in [3.63, 3.8) is 0 Å². The molecule has 0 aliphatic heterocycles. The highest BCUT2D eigenvalue weighted by Gasteiger charge is 2.33. The number of hydrogen-bond acceptors (Lipinski definition) is 4. The van der Waals surface area contributed by atoms with Crippen LogP contribution >= 0.6 is 0 Å². The molecule has 0 bridgehead atoms. The maximum atomic E-state index is 13.9. The summed E-state index contributed by atoms with van der Waals surface area (Å²) in [5, 5.41) is 3.14. The predicted octanol–water partition coefficient (Wildman–Crippen LogP) is 4.48. The largest absolute Gasteiger partial charge is 0.352 e. The van der Waals surface area contributed by atoms with Crippen LogP contribution in [0.2, 0.25) is 0 Å². The molecule has 0 aromatic heterocycles. The zero-order valence-electron chi connectivity index (χ0n) is 22.5. The van der Waals surface area contributed by atoms with Gasteiger partial charge in [-0.25, -0.2) is 8.42 Å². The quantitative estimate of drug-likeness (QED) is 0.441. The zero-order chi connectivity index (χ0) is 27.0. The molecule has 1 aliphatic rings. The highest BCUT2D eigenvalue weighted by Crippen LogP contribution is 2.29. The Morgan fingerprint density at radius 1 is 1.00 bits per heavy atom. The van der Waals surface area contributed by atoms with Crippen LogP contribution < -0.4 is 9.62 Å². The van der Waals surface area contributed by atoms with Gasteiger partial charge < -0.3 is 10.2 Å². The Kier molecular flexibility index (Phi) is 10.1. The van der Waals surface area contributed by atoms with Crippen molar-refractivity contribution in [2.24, 2.45) is 0 Å². The number of sulfonamides is 1. The number of nitrogens with one attached hydrogen (secondary N) is 1. The standard InChI is InChI=1S/C29H41N3O4S/c1-5-26(29(34)30-24-15-9-10-16-24)31(20-19-23-13-7-6-8-14-23)28(33)21-32(37(4,35)36)27-18-12-11-17-25(27)22(2)3/h6-8,11-14,17-18,22,24,26H,5,9-10,15-16,19-21H2,1-4H3,(H,30,34)/t26-/m0/s1. The molecule has 0 saturated heterocycles. The van der Waals surface area contributed by atoms with E-state index in [0.29, 0.717) is 25.1 Å². The van der Waals surface area contributed by atoms with E-state index in [1.54, 1.807) is 17.0 Å². The van der Waals surface area contributed by atoms with E-state index in [4.69, 9.17) is 0 Å². The molecule has 0 unspecified atom stereocenters. The molecule has 202 valence electrons. The van der Waals surface area contributed by atoms with Gasteiger partial charge >= 0.3 is 0 Å². The molecule has 0 radical (unpaired) electrons. The Hall–Kier alpha value is -2.87. The summed E-state index contributed by atoms with van der Waals surface area (Å²) in [6, 6.07) is 16.5. The van der Waals surface area contributed by atoms with Crippen LogP contribution in [0.4, 0.5) is 5.69 Å². The minimum Gasteiger partial charge on any atom is -0.352 e. The Bertz CT molecular complexity index is 1140. The van der Waals surface area contributed by atoms with Gasteiger partial charge in [-0.2, -0.15) is 0 Å². The Morgan fingerprint density at radius 2 is 1.62 bits per heavy atom. The second kappa shape index (κ2) is 13.1. The van der Waals surface area contributed by atoms with Gasteiger partial charge in [-0.05, 0) is 48.8 Å². The fourth-order valence-electron chi connectivity index (χ4n) is 5.06. The second-order valence-corrected chi connectivity index (χ2v) is 12.1. The van der Waals surface area contributed by atoms with Crippen molar-refractivity contribution in [2.75, 3.05) is 23.7 Å². The molecule has 0 spiro atoms. The van der Waals surface area contributed by atoms with E-state index in [1.807, 2.05) is 63.2 Å². The highest BCUT2D eigenvalue weighted by molar-refractivity contribution is 7.92. The van der Waals surface area contributed by atoms with E-state index in [1.165, 1.54) is 4.31 Å². The third-order valence-electron chi connectivity index (χ3n) is 7.08. The van der Waals surface area contributed by atoms with Crippen molar-refractivity contribution < 1.29 is 18.0 Å². The fraction of sp³-hybridized carbons (Fsp3) is 0.517. The van der Waals surface area contributed by atoms with Crippen LogP contribution in [0.1, 0.15) is 69.9 Å². The molecule has 37 heavy (non-hydrogen) atoms. The van der Waals surface area contributed by atoms with Crippen LogP contribution in [0, 0.1) is 0 Å². The van der Waals surface area contributed by atoms with Crippen molar-refractivity contribution >= 4 is 27.5 Å². The number of anilines is 1. The van der Waals surface area contributed by atoms with Gasteiger partial charge in [-0.15, -0.1) is 0 Å². The summed E-state index contributed by atoms with van der Waals surface area (Å²) < 4.78 is 27.0. The molecular formula is C29H41N3O4S. The molecule has 3 rings (SSSR count). The minimum absolute atomic E-state index is 0.0744. The van der Waals surface area contributed by atoms with E-state index in [2.05, 4.69) is 5.32 Å². The van der Waals surface area contributed by atoms with Gasteiger partial charge in [0.1, 0.15) is 12.6 Å². The second-order valence-electron chi connectivity index (χ2n) is 10.2. The molecule has 8 heteroatoms. The zero-order valence-corrected chi connectivity index (χ0v) is 23.3. The summed E-state index contributed by atoms with van der Waals surface area (Å²) in [6.45, 7) is 5.85. The van der Waals surface area contributed by atoms with E-state index in [9.17, 15) is 18.0 Å². The van der Waals surface area contributed by atoms with Crippen LogP contribution in [-0.4, -0.2) is 56.6 Å². The summed E-state index contributed by atoms with van der Waals surface area (Å²) in [4.78, 5) is 28.8. The Labute approximate surface area is 222 Å².